The van der Waals surface area contributed by atoms with Gasteiger partial charge in [-0.05, 0) is 25.3 Å². The Bertz CT molecular complexity index is 369. The van der Waals surface area contributed by atoms with Gasteiger partial charge >= 0.3 is 5.97 Å². The molecule has 1 fully saturated rings. The number of esters is 1. The highest BCUT2D eigenvalue weighted by molar-refractivity contribution is 5.77. The molecule has 0 radical (unpaired) electrons. The Morgan fingerprint density at radius 3 is 2.62 bits per heavy atom. The van der Waals surface area contributed by atoms with Crippen LogP contribution in [0.25, 0.3) is 0 Å². The van der Waals surface area contributed by atoms with Crippen LogP contribution in [0.1, 0.15) is 25.3 Å². The molecule has 2 rings (SSSR count). The monoisotopic (exact) mass is 219 g/mol. The van der Waals surface area contributed by atoms with E-state index in [0.717, 1.165) is 18.4 Å². The second-order valence-electron chi connectivity index (χ2n) is 4.79. The molecular formula is C13H17NO2. The fourth-order valence-electron chi connectivity index (χ4n) is 2.16. The average molecular weight is 219 g/mol. The summed E-state index contributed by atoms with van der Waals surface area (Å²) in [7, 11) is 0. The first-order valence-corrected chi connectivity index (χ1v) is 5.57. The summed E-state index contributed by atoms with van der Waals surface area (Å²) in [5.74, 6) is -0.127. The number of ether oxygens (including phenoxy) is 1. The average Bonchev–Trinajstić information content (AvgIpc) is 2.25. The molecule has 1 aliphatic carbocycles. The highest BCUT2D eigenvalue weighted by atomic mass is 16.5. The van der Waals surface area contributed by atoms with Gasteiger partial charge in [-0.1, -0.05) is 30.3 Å². The first kappa shape index (κ1) is 11.1. The lowest BCUT2D eigenvalue weighted by Crippen LogP contribution is -2.49. The smallest absolute Gasteiger partial charge is 0.312 e. The quantitative estimate of drug-likeness (QED) is 0.789. The van der Waals surface area contributed by atoms with Crippen molar-refractivity contribution in [2.45, 2.75) is 32.4 Å². The molecule has 0 bridgehead atoms. The van der Waals surface area contributed by atoms with Gasteiger partial charge in [-0.3, -0.25) is 4.79 Å². The molecule has 0 aromatic heterocycles. The van der Waals surface area contributed by atoms with Crippen LogP contribution in [0.3, 0.4) is 0 Å². The van der Waals surface area contributed by atoms with E-state index in [2.05, 4.69) is 0 Å². The number of benzene rings is 1. The topological polar surface area (TPSA) is 52.3 Å². The van der Waals surface area contributed by atoms with Crippen molar-refractivity contribution in [3.05, 3.63) is 35.9 Å². The van der Waals surface area contributed by atoms with Crippen LogP contribution in [-0.4, -0.2) is 12.0 Å². The molecule has 3 nitrogen and oxygen atoms in total. The Hall–Kier alpha value is -1.35. The SMILES string of the molecule is CC1(C(=O)OCc2ccccc2)CC(N)C1. The van der Waals surface area contributed by atoms with Crippen LogP contribution >= 0.6 is 0 Å². The van der Waals surface area contributed by atoms with E-state index in [-0.39, 0.29) is 17.4 Å². The molecular weight excluding hydrogens is 202 g/mol. The molecule has 0 amide bonds. The third kappa shape index (κ3) is 2.25. The number of rotatable bonds is 3. The Morgan fingerprint density at radius 2 is 2.06 bits per heavy atom. The lowest BCUT2D eigenvalue weighted by molar-refractivity contribution is -0.162. The predicted octanol–water partition coefficient (Wildman–Crippen LogP) is 1.86. The van der Waals surface area contributed by atoms with E-state index >= 15 is 0 Å². The van der Waals surface area contributed by atoms with Crippen LogP contribution in [0.5, 0.6) is 0 Å². The molecule has 1 aromatic rings. The number of nitrogens with two attached hydrogens (primary N) is 1. The van der Waals surface area contributed by atoms with E-state index < -0.39 is 0 Å². The van der Waals surface area contributed by atoms with Gasteiger partial charge in [-0.15, -0.1) is 0 Å². The van der Waals surface area contributed by atoms with E-state index in [1.54, 1.807) is 0 Å². The molecule has 0 saturated heterocycles. The van der Waals surface area contributed by atoms with Crippen LogP contribution in [0.2, 0.25) is 0 Å². The molecule has 0 aliphatic heterocycles. The van der Waals surface area contributed by atoms with Crippen molar-refractivity contribution in [2.24, 2.45) is 11.1 Å². The summed E-state index contributed by atoms with van der Waals surface area (Å²) in [6.07, 6.45) is 1.47. The second kappa shape index (κ2) is 4.26. The van der Waals surface area contributed by atoms with Crippen LogP contribution in [0.4, 0.5) is 0 Å². The fraction of sp³-hybridized carbons (Fsp3) is 0.462. The van der Waals surface area contributed by atoms with Gasteiger partial charge in [-0.25, -0.2) is 0 Å². The fourth-order valence-corrected chi connectivity index (χ4v) is 2.16. The summed E-state index contributed by atoms with van der Waals surface area (Å²) >= 11 is 0. The van der Waals surface area contributed by atoms with E-state index in [4.69, 9.17) is 10.5 Å². The zero-order valence-corrected chi connectivity index (χ0v) is 9.48. The van der Waals surface area contributed by atoms with Gasteiger partial charge in [0.05, 0.1) is 5.41 Å². The highest BCUT2D eigenvalue weighted by Gasteiger charge is 2.45. The predicted molar refractivity (Wildman–Crippen MR) is 61.6 cm³/mol. The minimum absolute atomic E-state index is 0.127. The van der Waals surface area contributed by atoms with Crippen molar-refractivity contribution in [1.82, 2.24) is 0 Å². The maximum atomic E-state index is 11.8. The van der Waals surface area contributed by atoms with E-state index in [9.17, 15) is 4.79 Å². The molecule has 0 atom stereocenters. The van der Waals surface area contributed by atoms with Gasteiger partial charge in [0.15, 0.2) is 0 Å². The summed E-state index contributed by atoms with van der Waals surface area (Å²) < 4.78 is 5.29. The lowest BCUT2D eigenvalue weighted by Gasteiger charge is -2.40. The van der Waals surface area contributed by atoms with E-state index in [1.807, 2.05) is 37.3 Å². The molecule has 0 heterocycles. The maximum absolute atomic E-state index is 11.8. The lowest BCUT2D eigenvalue weighted by atomic mass is 9.67. The van der Waals surface area contributed by atoms with Gasteiger partial charge in [0, 0.05) is 6.04 Å². The Kier molecular flexibility index (Phi) is 2.97. The van der Waals surface area contributed by atoms with Crippen LogP contribution < -0.4 is 5.73 Å². The molecule has 3 heteroatoms. The van der Waals surface area contributed by atoms with Crippen molar-refractivity contribution in [3.8, 4) is 0 Å². The standard InChI is InChI=1S/C13H17NO2/c1-13(7-11(14)8-13)12(15)16-9-10-5-3-2-4-6-10/h2-6,11H,7-9,14H2,1H3. The molecule has 0 spiro atoms. The maximum Gasteiger partial charge on any atom is 0.312 e. The van der Waals surface area contributed by atoms with Crippen molar-refractivity contribution in [1.29, 1.82) is 0 Å². The van der Waals surface area contributed by atoms with Crippen molar-refractivity contribution in [2.75, 3.05) is 0 Å². The van der Waals surface area contributed by atoms with Crippen molar-refractivity contribution < 1.29 is 9.53 Å². The number of carbonyl (C=O) groups excluding carboxylic acids is 1. The molecule has 2 N–H and O–H groups in total. The highest BCUT2D eigenvalue weighted by Crippen LogP contribution is 2.40. The zero-order valence-electron chi connectivity index (χ0n) is 9.48. The van der Waals surface area contributed by atoms with Crippen LogP contribution in [0.15, 0.2) is 30.3 Å². The summed E-state index contributed by atoms with van der Waals surface area (Å²) in [6.45, 7) is 2.27. The first-order chi connectivity index (χ1) is 7.60. The molecule has 86 valence electrons. The molecule has 0 unspecified atom stereocenters. The first-order valence-electron chi connectivity index (χ1n) is 5.57. The van der Waals surface area contributed by atoms with Gasteiger partial charge in [-0.2, -0.15) is 0 Å². The zero-order chi connectivity index (χ0) is 11.6. The Balaban J connectivity index is 1.85. The minimum Gasteiger partial charge on any atom is -0.460 e. The summed E-state index contributed by atoms with van der Waals surface area (Å²) in [5.41, 5.74) is 6.36. The third-order valence-corrected chi connectivity index (χ3v) is 3.13. The van der Waals surface area contributed by atoms with Crippen molar-refractivity contribution in [3.63, 3.8) is 0 Å². The van der Waals surface area contributed by atoms with Gasteiger partial charge in [0.25, 0.3) is 0 Å². The number of carbonyl (C=O) groups is 1. The summed E-state index contributed by atoms with van der Waals surface area (Å²) in [6, 6.07) is 9.87. The second-order valence-corrected chi connectivity index (χ2v) is 4.79. The van der Waals surface area contributed by atoms with E-state index in [0.29, 0.717) is 6.61 Å². The van der Waals surface area contributed by atoms with Gasteiger partial charge in [0.2, 0.25) is 0 Å². The van der Waals surface area contributed by atoms with Crippen molar-refractivity contribution >= 4 is 5.97 Å². The molecule has 1 aliphatic rings. The Labute approximate surface area is 95.6 Å². The summed E-state index contributed by atoms with van der Waals surface area (Å²) in [4.78, 5) is 11.8. The summed E-state index contributed by atoms with van der Waals surface area (Å²) in [5, 5.41) is 0. The number of hydrogen-bond acceptors (Lipinski definition) is 3. The van der Waals surface area contributed by atoms with Gasteiger partial charge < -0.3 is 10.5 Å². The third-order valence-electron chi connectivity index (χ3n) is 3.13. The minimum atomic E-state index is -0.353. The molecule has 1 aromatic carbocycles. The number of hydrogen-bond donors (Lipinski definition) is 1. The van der Waals surface area contributed by atoms with Gasteiger partial charge in [0.1, 0.15) is 6.61 Å². The molecule has 16 heavy (non-hydrogen) atoms. The Morgan fingerprint density at radius 1 is 1.44 bits per heavy atom. The normalized spacial score (nSPS) is 28.2. The largest absolute Gasteiger partial charge is 0.460 e. The van der Waals surface area contributed by atoms with Crippen LogP contribution in [-0.2, 0) is 16.1 Å². The van der Waals surface area contributed by atoms with E-state index in [1.165, 1.54) is 0 Å². The van der Waals surface area contributed by atoms with Crippen LogP contribution in [0, 0.1) is 5.41 Å². The molecule has 1 saturated carbocycles.